The fraction of sp³-hybridized carbons (Fsp3) is 0.350. The second-order valence-electron chi connectivity index (χ2n) is 6.26. The molecule has 0 aromatic heterocycles. The van der Waals surface area contributed by atoms with Crippen LogP contribution in [0.1, 0.15) is 47.8 Å². The fourth-order valence-corrected chi connectivity index (χ4v) is 3.47. The third-order valence-corrected chi connectivity index (χ3v) is 6.24. The Morgan fingerprint density at radius 1 is 1.04 bits per heavy atom. The molecule has 0 bridgehead atoms. The predicted molar refractivity (Wildman–Crippen MR) is 106 cm³/mol. The van der Waals surface area contributed by atoms with E-state index in [-0.39, 0.29) is 17.7 Å². The first-order chi connectivity index (χ1) is 12.3. The van der Waals surface area contributed by atoms with Gasteiger partial charge in [-0.2, -0.15) is 0 Å². The molecule has 1 N–H and O–H groups in total. The summed E-state index contributed by atoms with van der Waals surface area (Å²) >= 11 is 0. The number of amides is 1. The van der Waals surface area contributed by atoms with Crippen molar-refractivity contribution in [2.24, 2.45) is 0 Å². The first kappa shape index (κ1) is 20.0. The van der Waals surface area contributed by atoms with Crippen LogP contribution >= 0.6 is 0 Å². The Bertz CT molecular complexity index is 844. The second-order valence-corrected chi connectivity index (χ2v) is 8.55. The first-order valence-electron chi connectivity index (χ1n) is 8.72. The molecule has 0 radical (unpaired) electrons. The molecule has 0 aliphatic rings. The van der Waals surface area contributed by atoms with Gasteiger partial charge < -0.3 is 5.32 Å². The summed E-state index contributed by atoms with van der Waals surface area (Å²) in [6.45, 7) is 5.66. The first-order valence-corrected chi connectivity index (χ1v) is 10.3. The highest BCUT2D eigenvalue weighted by molar-refractivity contribution is 7.92. The minimum absolute atomic E-state index is 0.0282. The third kappa shape index (κ3) is 4.64. The number of benzene rings is 2. The van der Waals surface area contributed by atoms with E-state index in [0.29, 0.717) is 11.3 Å². The Morgan fingerprint density at radius 3 is 2.12 bits per heavy atom. The Hall–Kier alpha value is -2.34. The number of nitrogens with zero attached hydrogens (tertiary/aromatic N) is 1. The van der Waals surface area contributed by atoms with Crippen molar-refractivity contribution in [3.63, 3.8) is 0 Å². The SMILES string of the molecule is CCC(NC(=O)c1ccc(N(C)S(=O)(=O)CC)cc1)c1ccc(C)cc1. The van der Waals surface area contributed by atoms with Crippen LogP contribution in [0.4, 0.5) is 5.69 Å². The Kier molecular flexibility index (Phi) is 6.42. The van der Waals surface area contributed by atoms with Crippen LogP contribution < -0.4 is 9.62 Å². The highest BCUT2D eigenvalue weighted by atomic mass is 32.2. The van der Waals surface area contributed by atoms with Crippen LogP contribution in [-0.4, -0.2) is 27.1 Å². The molecular formula is C20H26N2O3S. The maximum Gasteiger partial charge on any atom is 0.251 e. The highest BCUT2D eigenvalue weighted by Gasteiger charge is 2.17. The monoisotopic (exact) mass is 374 g/mol. The lowest BCUT2D eigenvalue weighted by Crippen LogP contribution is -2.29. The van der Waals surface area contributed by atoms with Gasteiger partial charge in [0.15, 0.2) is 0 Å². The predicted octanol–water partition coefficient (Wildman–Crippen LogP) is 3.66. The van der Waals surface area contributed by atoms with Crippen LogP contribution in [0.2, 0.25) is 0 Å². The van der Waals surface area contributed by atoms with Crippen LogP contribution in [-0.2, 0) is 10.0 Å². The van der Waals surface area contributed by atoms with Crippen molar-refractivity contribution in [3.05, 3.63) is 65.2 Å². The summed E-state index contributed by atoms with van der Waals surface area (Å²) in [7, 11) is -1.80. The maximum atomic E-state index is 12.5. The van der Waals surface area contributed by atoms with Crippen LogP contribution in [0.3, 0.4) is 0 Å². The summed E-state index contributed by atoms with van der Waals surface area (Å²) in [6.07, 6.45) is 0.782. The standard InChI is InChI=1S/C20H26N2O3S/c1-5-19(16-9-7-15(3)8-10-16)21-20(23)17-11-13-18(14-12-17)22(4)26(24,25)6-2/h7-14,19H,5-6H2,1-4H3,(H,21,23). The Labute approximate surface area is 156 Å². The fourth-order valence-electron chi connectivity index (χ4n) is 2.64. The van der Waals surface area contributed by atoms with E-state index in [9.17, 15) is 13.2 Å². The van der Waals surface area contributed by atoms with E-state index in [0.717, 1.165) is 12.0 Å². The summed E-state index contributed by atoms with van der Waals surface area (Å²) in [5.41, 5.74) is 3.28. The van der Waals surface area contributed by atoms with Gasteiger partial charge in [0.25, 0.3) is 5.91 Å². The molecule has 2 aromatic carbocycles. The van der Waals surface area contributed by atoms with Gasteiger partial charge in [0.2, 0.25) is 10.0 Å². The topological polar surface area (TPSA) is 66.5 Å². The van der Waals surface area contributed by atoms with Gasteiger partial charge in [-0.1, -0.05) is 36.8 Å². The molecule has 0 aliphatic heterocycles. The van der Waals surface area contributed by atoms with Crippen molar-refractivity contribution in [3.8, 4) is 0 Å². The number of anilines is 1. The lowest BCUT2D eigenvalue weighted by molar-refractivity contribution is 0.0935. The number of sulfonamides is 1. The minimum Gasteiger partial charge on any atom is -0.345 e. The van der Waals surface area contributed by atoms with Gasteiger partial charge >= 0.3 is 0 Å². The summed E-state index contributed by atoms with van der Waals surface area (Å²) in [4.78, 5) is 12.5. The van der Waals surface area contributed by atoms with E-state index in [1.54, 1.807) is 31.2 Å². The number of aryl methyl sites for hydroxylation is 1. The Balaban J connectivity index is 2.13. The molecule has 26 heavy (non-hydrogen) atoms. The normalized spacial score (nSPS) is 12.5. The van der Waals surface area contributed by atoms with Crippen molar-refractivity contribution in [1.82, 2.24) is 5.32 Å². The molecule has 5 nitrogen and oxygen atoms in total. The van der Waals surface area contributed by atoms with Crippen molar-refractivity contribution in [1.29, 1.82) is 0 Å². The van der Waals surface area contributed by atoms with Gasteiger partial charge in [-0.05, 0) is 50.1 Å². The number of rotatable bonds is 7. The summed E-state index contributed by atoms with van der Waals surface area (Å²) in [5.74, 6) is -0.148. The van der Waals surface area contributed by atoms with Crippen molar-refractivity contribution >= 4 is 21.6 Å². The smallest absolute Gasteiger partial charge is 0.251 e. The van der Waals surface area contributed by atoms with Crippen molar-refractivity contribution in [2.45, 2.75) is 33.2 Å². The van der Waals surface area contributed by atoms with Crippen molar-refractivity contribution < 1.29 is 13.2 Å². The Morgan fingerprint density at radius 2 is 1.62 bits per heavy atom. The molecule has 0 fully saturated rings. The molecular weight excluding hydrogens is 348 g/mol. The van der Waals surface area contributed by atoms with Crippen LogP contribution in [0.15, 0.2) is 48.5 Å². The van der Waals surface area contributed by atoms with Gasteiger partial charge in [-0.25, -0.2) is 8.42 Å². The summed E-state index contributed by atoms with van der Waals surface area (Å²) < 4.78 is 25.1. The molecule has 2 rings (SSSR count). The van der Waals surface area contributed by atoms with Gasteiger partial charge in [0, 0.05) is 12.6 Å². The van der Waals surface area contributed by atoms with Crippen LogP contribution in [0.5, 0.6) is 0 Å². The number of carbonyl (C=O) groups excluding carboxylic acids is 1. The number of hydrogen-bond acceptors (Lipinski definition) is 3. The van der Waals surface area contributed by atoms with E-state index in [1.165, 1.54) is 16.9 Å². The summed E-state index contributed by atoms with van der Waals surface area (Å²) in [6, 6.07) is 14.6. The average molecular weight is 375 g/mol. The van der Waals surface area contributed by atoms with E-state index in [4.69, 9.17) is 0 Å². The molecule has 140 valence electrons. The lowest BCUT2D eigenvalue weighted by Gasteiger charge is -2.20. The van der Waals surface area contributed by atoms with Crippen molar-refractivity contribution in [2.75, 3.05) is 17.1 Å². The molecule has 0 aliphatic carbocycles. The van der Waals surface area contributed by atoms with Crippen LogP contribution in [0.25, 0.3) is 0 Å². The molecule has 0 spiro atoms. The zero-order chi connectivity index (χ0) is 19.3. The van der Waals surface area contributed by atoms with Gasteiger partial charge in [-0.15, -0.1) is 0 Å². The van der Waals surface area contributed by atoms with E-state index >= 15 is 0 Å². The quantitative estimate of drug-likeness (QED) is 0.804. The highest BCUT2D eigenvalue weighted by Crippen LogP contribution is 2.20. The minimum atomic E-state index is -3.31. The van der Waals surface area contributed by atoms with Gasteiger partial charge in [0.1, 0.15) is 0 Å². The second kappa shape index (κ2) is 8.36. The molecule has 6 heteroatoms. The number of nitrogens with one attached hydrogen (secondary N) is 1. The largest absolute Gasteiger partial charge is 0.345 e. The maximum absolute atomic E-state index is 12.5. The third-order valence-electron chi connectivity index (χ3n) is 4.47. The summed E-state index contributed by atoms with van der Waals surface area (Å²) in [5, 5.41) is 3.04. The van der Waals surface area contributed by atoms with Gasteiger partial charge in [0.05, 0.1) is 17.5 Å². The lowest BCUT2D eigenvalue weighted by atomic mass is 10.0. The molecule has 1 atom stereocenters. The zero-order valence-corrected chi connectivity index (χ0v) is 16.5. The molecule has 1 amide bonds. The van der Waals surface area contributed by atoms with Crippen LogP contribution in [0, 0.1) is 6.92 Å². The van der Waals surface area contributed by atoms with E-state index in [1.807, 2.05) is 38.1 Å². The average Bonchev–Trinajstić information content (AvgIpc) is 2.66. The number of hydrogen-bond donors (Lipinski definition) is 1. The number of carbonyl (C=O) groups is 1. The van der Waals surface area contributed by atoms with Gasteiger partial charge in [-0.3, -0.25) is 9.10 Å². The molecule has 0 saturated heterocycles. The molecule has 0 heterocycles. The molecule has 0 saturated carbocycles. The molecule has 1 unspecified atom stereocenters. The molecule has 2 aromatic rings. The van der Waals surface area contributed by atoms with E-state index < -0.39 is 10.0 Å². The van der Waals surface area contributed by atoms with E-state index in [2.05, 4.69) is 5.32 Å². The zero-order valence-electron chi connectivity index (χ0n) is 15.7.